The highest BCUT2D eigenvalue weighted by Crippen LogP contribution is 2.31. The first-order valence-corrected chi connectivity index (χ1v) is 9.62. The smallest absolute Gasteiger partial charge is 0.314 e. The Balaban J connectivity index is 1.60. The Kier molecular flexibility index (Phi) is 5.77. The number of hydrogen-bond acceptors (Lipinski definition) is 5. The van der Waals surface area contributed by atoms with Crippen LogP contribution in [0, 0.1) is 17.6 Å². The van der Waals surface area contributed by atoms with Gasteiger partial charge >= 0.3 is 6.43 Å². The summed E-state index contributed by atoms with van der Waals surface area (Å²) in [5, 5.41) is 6.80. The molecule has 0 unspecified atom stereocenters. The maximum Gasteiger partial charge on any atom is 0.314 e. The fourth-order valence-corrected chi connectivity index (χ4v) is 3.55. The van der Waals surface area contributed by atoms with Gasteiger partial charge in [0.05, 0.1) is 6.54 Å². The molecule has 0 radical (unpaired) electrons. The van der Waals surface area contributed by atoms with Crippen LogP contribution in [0.15, 0.2) is 59.2 Å². The zero-order valence-electron chi connectivity index (χ0n) is 16.7. The van der Waals surface area contributed by atoms with Gasteiger partial charge in [-0.25, -0.2) is 8.78 Å². The van der Waals surface area contributed by atoms with E-state index < -0.39 is 24.0 Å². The van der Waals surface area contributed by atoms with Gasteiger partial charge in [0.2, 0.25) is 5.89 Å². The van der Waals surface area contributed by atoms with Gasteiger partial charge in [-0.3, -0.25) is 0 Å². The first kappa shape index (κ1) is 21.0. The molecule has 0 N–H and O–H groups in total. The summed E-state index contributed by atoms with van der Waals surface area (Å²) in [5.41, 5.74) is 1.86. The van der Waals surface area contributed by atoms with Crippen LogP contribution in [0.2, 0.25) is 0 Å². The number of hydrogen-bond donors (Lipinski definition) is 0. The van der Waals surface area contributed by atoms with Crippen molar-refractivity contribution in [2.24, 2.45) is 5.92 Å². The molecular weight excluding hydrogens is 412 g/mol. The molecule has 2 heterocycles. The molecule has 1 aliphatic heterocycles. The number of rotatable bonds is 7. The maximum atomic E-state index is 14.9. The second kappa shape index (κ2) is 8.50. The largest absolute Gasteiger partial charge is 0.415 e. The highest BCUT2D eigenvalue weighted by atomic mass is 19.3. The van der Waals surface area contributed by atoms with Gasteiger partial charge in [0.1, 0.15) is 11.6 Å². The van der Waals surface area contributed by atoms with E-state index in [-0.39, 0.29) is 23.9 Å². The molecule has 162 valence electrons. The standard InChI is InChI=1S/C22H20F4N4O/c1-13(16-10-29(2)11-16)30(18-5-3-4-17(23)9-18)12-15-7-6-14(8-19(15)24)21-27-28-22(31-21)20(25)26/h3-9,16,20H,1,10-12H2,2H3. The number of alkyl halides is 2. The fourth-order valence-electron chi connectivity index (χ4n) is 3.55. The summed E-state index contributed by atoms with van der Waals surface area (Å²) in [7, 11) is 1.99. The zero-order valence-corrected chi connectivity index (χ0v) is 16.7. The number of anilines is 1. The summed E-state index contributed by atoms with van der Waals surface area (Å²) in [4.78, 5) is 3.92. The Bertz CT molecular complexity index is 1090. The Morgan fingerprint density at radius 1 is 1.19 bits per heavy atom. The summed E-state index contributed by atoms with van der Waals surface area (Å²) in [6.07, 6.45) is -2.90. The Labute approximate surface area is 176 Å². The summed E-state index contributed by atoms with van der Waals surface area (Å²) in [5.74, 6) is -1.80. The van der Waals surface area contributed by atoms with Crippen molar-refractivity contribution in [1.29, 1.82) is 0 Å². The van der Waals surface area contributed by atoms with Crippen molar-refractivity contribution < 1.29 is 22.0 Å². The van der Waals surface area contributed by atoms with Crippen LogP contribution in [0.3, 0.4) is 0 Å². The van der Waals surface area contributed by atoms with Crippen LogP contribution in [-0.4, -0.2) is 35.2 Å². The lowest BCUT2D eigenvalue weighted by molar-refractivity contribution is 0.116. The van der Waals surface area contributed by atoms with Crippen molar-refractivity contribution in [2.45, 2.75) is 13.0 Å². The van der Waals surface area contributed by atoms with Gasteiger partial charge < -0.3 is 14.2 Å². The average molecular weight is 432 g/mol. The Morgan fingerprint density at radius 3 is 2.58 bits per heavy atom. The van der Waals surface area contributed by atoms with E-state index in [4.69, 9.17) is 4.42 Å². The second-order valence-corrected chi connectivity index (χ2v) is 7.53. The van der Waals surface area contributed by atoms with E-state index in [9.17, 15) is 17.6 Å². The molecule has 1 saturated heterocycles. The summed E-state index contributed by atoms with van der Waals surface area (Å²) >= 11 is 0. The van der Waals surface area contributed by atoms with Crippen LogP contribution in [0.5, 0.6) is 0 Å². The molecule has 0 bridgehead atoms. The van der Waals surface area contributed by atoms with Gasteiger partial charge in [0.15, 0.2) is 0 Å². The predicted octanol–water partition coefficient (Wildman–Crippen LogP) is 5.03. The lowest BCUT2D eigenvalue weighted by Gasteiger charge is -2.41. The van der Waals surface area contributed by atoms with Gasteiger partial charge in [-0.1, -0.05) is 18.7 Å². The molecule has 9 heteroatoms. The summed E-state index contributed by atoms with van der Waals surface area (Å²) in [6.45, 7) is 5.93. The lowest BCUT2D eigenvalue weighted by Crippen LogP contribution is -2.47. The number of halogens is 4. The highest BCUT2D eigenvalue weighted by molar-refractivity contribution is 5.56. The first-order chi connectivity index (χ1) is 14.8. The molecule has 1 aliphatic rings. The Hall–Kier alpha value is -3.20. The molecule has 0 aliphatic carbocycles. The third kappa shape index (κ3) is 4.46. The van der Waals surface area contributed by atoms with Crippen molar-refractivity contribution in [2.75, 3.05) is 25.0 Å². The molecule has 0 atom stereocenters. The number of aromatic nitrogens is 2. The zero-order chi connectivity index (χ0) is 22.1. The van der Waals surface area contributed by atoms with Gasteiger partial charge in [0, 0.05) is 41.5 Å². The van der Waals surface area contributed by atoms with E-state index >= 15 is 0 Å². The van der Waals surface area contributed by atoms with E-state index in [2.05, 4.69) is 21.7 Å². The molecule has 4 rings (SSSR count). The van der Waals surface area contributed by atoms with Gasteiger partial charge in [0.25, 0.3) is 5.89 Å². The molecule has 5 nitrogen and oxygen atoms in total. The van der Waals surface area contributed by atoms with E-state index in [1.807, 2.05) is 7.05 Å². The molecular formula is C22H20F4N4O. The molecule has 2 aromatic carbocycles. The second-order valence-electron chi connectivity index (χ2n) is 7.53. The van der Waals surface area contributed by atoms with E-state index in [0.717, 1.165) is 24.9 Å². The van der Waals surface area contributed by atoms with Crippen LogP contribution in [-0.2, 0) is 6.54 Å². The van der Waals surface area contributed by atoms with Crippen LogP contribution < -0.4 is 4.90 Å². The summed E-state index contributed by atoms with van der Waals surface area (Å²) in [6, 6.07) is 10.2. The van der Waals surface area contributed by atoms with Crippen molar-refractivity contribution in [1.82, 2.24) is 15.1 Å². The van der Waals surface area contributed by atoms with Gasteiger partial charge in [-0.05, 0) is 37.4 Å². The normalized spacial score (nSPS) is 14.6. The van der Waals surface area contributed by atoms with Gasteiger partial charge in [-0.15, -0.1) is 10.2 Å². The minimum Gasteiger partial charge on any atom is -0.415 e. The van der Waals surface area contributed by atoms with Crippen LogP contribution in [0.1, 0.15) is 17.9 Å². The van der Waals surface area contributed by atoms with Crippen molar-refractivity contribution >= 4 is 5.69 Å². The third-order valence-corrected chi connectivity index (χ3v) is 5.26. The lowest BCUT2D eigenvalue weighted by atomic mass is 9.96. The number of likely N-dealkylation sites (tertiary alicyclic amines) is 1. The van der Waals surface area contributed by atoms with Crippen molar-refractivity contribution in [3.05, 3.63) is 77.8 Å². The Morgan fingerprint density at radius 2 is 1.97 bits per heavy atom. The number of benzene rings is 2. The van der Waals surface area contributed by atoms with Crippen LogP contribution in [0.4, 0.5) is 23.2 Å². The topological polar surface area (TPSA) is 45.4 Å². The van der Waals surface area contributed by atoms with Crippen molar-refractivity contribution in [3.63, 3.8) is 0 Å². The average Bonchev–Trinajstić information content (AvgIpc) is 3.21. The molecule has 0 amide bonds. The molecule has 0 saturated carbocycles. The molecule has 0 spiro atoms. The monoisotopic (exact) mass is 432 g/mol. The first-order valence-electron chi connectivity index (χ1n) is 9.62. The SMILES string of the molecule is C=C(C1CN(C)C1)N(Cc1ccc(-c2nnc(C(F)F)o2)cc1F)c1cccc(F)c1. The fraction of sp³-hybridized carbons (Fsp3) is 0.273. The maximum absolute atomic E-state index is 14.9. The van der Waals surface area contributed by atoms with E-state index in [1.165, 1.54) is 24.3 Å². The predicted molar refractivity (Wildman–Crippen MR) is 107 cm³/mol. The molecule has 1 fully saturated rings. The molecule has 3 aromatic rings. The highest BCUT2D eigenvalue weighted by Gasteiger charge is 2.30. The van der Waals surface area contributed by atoms with E-state index in [0.29, 0.717) is 11.3 Å². The van der Waals surface area contributed by atoms with Crippen LogP contribution in [0.25, 0.3) is 11.5 Å². The minimum atomic E-state index is -2.90. The number of nitrogens with zero attached hydrogens (tertiary/aromatic N) is 4. The van der Waals surface area contributed by atoms with Crippen molar-refractivity contribution in [3.8, 4) is 11.5 Å². The molecule has 31 heavy (non-hydrogen) atoms. The molecule has 1 aromatic heterocycles. The minimum absolute atomic E-state index is 0.126. The summed E-state index contributed by atoms with van der Waals surface area (Å²) < 4.78 is 59.0. The van der Waals surface area contributed by atoms with Gasteiger partial charge in [-0.2, -0.15) is 8.78 Å². The van der Waals surface area contributed by atoms with Crippen LogP contribution >= 0.6 is 0 Å². The quantitative estimate of drug-likeness (QED) is 0.490. The van der Waals surface area contributed by atoms with E-state index in [1.54, 1.807) is 17.0 Å². The third-order valence-electron chi connectivity index (χ3n) is 5.26.